The molecule has 1 aromatic carbocycles. The molecule has 104 valence electrons. The van der Waals surface area contributed by atoms with E-state index >= 15 is 0 Å². The smallest absolute Gasteiger partial charge is 0.331 e. The molecule has 0 amide bonds. The monoisotopic (exact) mass is 273 g/mol. The van der Waals surface area contributed by atoms with Crippen molar-refractivity contribution in [1.82, 2.24) is 10.3 Å². The third-order valence-corrected chi connectivity index (χ3v) is 2.67. The van der Waals surface area contributed by atoms with E-state index in [2.05, 4.69) is 10.3 Å². The molecule has 6 heteroatoms. The van der Waals surface area contributed by atoms with Crippen molar-refractivity contribution in [3.05, 3.63) is 57.8 Å². The highest BCUT2D eigenvalue weighted by molar-refractivity contribution is 5.44. The van der Waals surface area contributed by atoms with E-state index in [0.29, 0.717) is 18.0 Å². The largest absolute Gasteiger partial charge is 0.434 e. The van der Waals surface area contributed by atoms with Crippen LogP contribution in [0.3, 0.4) is 0 Å². The number of pyridine rings is 1. The van der Waals surface area contributed by atoms with Crippen LogP contribution in [0.5, 0.6) is 11.6 Å². The molecular formula is C14H15N3O3. The van der Waals surface area contributed by atoms with Gasteiger partial charge in [-0.3, -0.25) is 10.1 Å². The first kappa shape index (κ1) is 14.0. The van der Waals surface area contributed by atoms with Crippen LogP contribution in [0.2, 0.25) is 0 Å². The molecule has 1 N–H and O–H groups in total. The summed E-state index contributed by atoms with van der Waals surface area (Å²) in [5.74, 6) is 0.538. The van der Waals surface area contributed by atoms with Crippen LogP contribution in [-0.2, 0) is 6.54 Å². The van der Waals surface area contributed by atoms with E-state index in [4.69, 9.17) is 4.74 Å². The van der Waals surface area contributed by atoms with Crippen molar-refractivity contribution in [3.8, 4) is 11.6 Å². The summed E-state index contributed by atoms with van der Waals surface area (Å²) >= 11 is 0. The molecule has 0 aliphatic carbocycles. The molecule has 0 fully saturated rings. The molecule has 0 radical (unpaired) electrons. The van der Waals surface area contributed by atoms with Gasteiger partial charge in [0.15, 0.2) is 0 Å². The Balaban J connectivity index is 2.31. The lowest BCUT2D eigenvalue weighted by Gasteiger charge is -2.07. The van der Waals surface area contributed by atoms with Crippen molar-refractivity contribution < 1.29 is 9.66 Å². The molecule has 2 rings (SSSR count). The predicted molar refractivity (Wildman–Crippen MR) is 74.9 cm³/mol. The third-order valence-electron chi connectivity index (χ3n) is 2.67. The van der Waals surface area contributed by atoms with Gasteiger partial charge in [-0.15, -0.1) is 0 Å². The molecule has 0 aliphatic rings. The van der Waals surface area contributed by atoms with Crippen LogP contribution in [0, 0.1) is 17.0 Å². The van der Waals surface area contributed by atoms with Crippen LogP contribution >= 0.6 is 0 Å². The first-order valence-electron chi connectivity index (χ1n) is 6.13. The summed E-state index contributed by atoms with van der Waals surface area (Å²) in [6, 6.07) is 10.3. The number of benzene rings is 1. The summed E-state index contributed by atoms with van der Waals surface area (Å²) in [6.07, 6.45) is 0. The van der Waals surface area contributed by atoms with Crippen LogP contribution in [0.4, 0.5) is 5.69 Å². The maximum absolute atomic E-state index is 11.0. The number of nitrogens with one attached hydrogen (secondary N) is 1. The Morgan fingerprint density at radius 3 is 2.85 bits per heavy atom. The summed E-state index contributed by atoms with van der Waals surface area (Å²) in [5.41, 5.74) is 1.55. The molecule has 2 aromatic rings. The molecule has 0 atom stereocenters. The van der Waals surface area contributed by atoms with Crippen LogP contribution in [-0.4, -0.2) is 17.0 Å². The number of nitro groups is 1. The van der Waals surface area contributed by atoms with Gasteiger partial charge in [0.2, 0.25) is 0 Å². The minimum absolute atomic E-state index is 0.0107. The van der Waals surface area contributed by atoms with E-state index < -0.39 is 4.92 Å². The van der Waals surface area contributed by atoms with Gasteiger partial charge in [0.1, 0.15) is 5.75 Å². The molecule has 1 aromatic heterocycles. The first-order chi connectivity index (χ1) is 9.60. The number of nitrogens with zero attached hydrogens (tertiary/aromatic N) is 2. The first-order valence-corrected chi connectivity index (χ1v) is 6.13. The van der Waals surface area contributed by atoms with E-state index in [1.807, 2.05) is 25.2 Å². The number of ether oxygens (including phenoxy) is 1. The van der Waals surface area contributed by atoms with Gasteiger partial charge in [-0.2, -0.15) is 0 Å². The second kappa shape index (κ2) is 6.12. The number of hydrogen-bond donors (Lipinski definition) is 1. The highest BCUT2D eigenvalue weighted by Crippen LogP contribution is 2.29. The number of rotatable bonds is 5. The van der Waals surface area contributed by atoms with Crippen molar-refractivity contribution in [1.29, 1.82) is 0 Å². The number of aromatic nitrogens is 1. The Kier molecular flexibility index (Phi) is 4.27. The van der Waals surface area contributed by atoms with E-state index in [9.17, 15) is 10.1 Å². The highest BCUT2D eigenvalue weighted by Gasteiger charge is 2.17. The summed E-state index contributed by atoms with van der Waals surface area (Å²) in [5, 5.41) is 14.0. The standard InChI is InChI=1S/C14H15N3O3/c1-10-6-7-13(17(18)19)14(16-10)20-12-5-3-4-11(8-12)9-15-2/h3-8,15H,9H2,1-2H3. The average molecular weight is 273 g/mol. The number of aryl methyl sites for hydroxylation is 1. The van der Waals surface area contributed by atoms with Gasteiger partial charge in [-0.25, -0.2) is 4.98 Å². The zero-order valence-corrected chi connectivity index (χ0v) is 11.3. The molecule has 0 saturated carbocycles. The van der Waals surface area contributed by atoms with Crippen LogP contribution in [0.25, 0.3) is 0 Å². The van der Waals surface area contributed by atoms with E-state index in [1.54, 1.807) is 19.1 Å². The molecule has 6 nitrogen and oxygen atoms in total. The van der Waals surface area contributed by atoms with Gasteiger partial charge in [0, 0.05) is 18.3 Å². The molecule has 0 saturated heterocycles. The highest BCUT2D eigenvalue weighted by atomic mass is 16.6. The molecule has 0 unspecified atom stereocenters. The van der Waals surface area contributed by atoms with Gasteiger partial charge in [-0.05, 0) is 37.7 Å². The van der Waals surface area contributed by atoms with Crippen molar-refractivity contribution in [2.45, 2.75) is 13.5 Å². The summed E-state index contributed by atoms with van der Waals surface area (Å²) in [7, 11) is 1.85. The van der Waals surface area contributed by atoms with Crippen LogP contribution in [0.15, 0.2) is 36.4 Å². The fraction of sp³-hybridized carbons (Fsp3) is 0.214. The Morgan fingerprint density at radius 1 is 1.35 bits per heavy atom. The maximum Gasteiger partial charge on any atom is 0.331 e. The SMILES string of the molecule is CNCc1cccc(Oc2nc(C)ccc2[N+](=O)[O-])c1. The second-order valence-electron chi connectivity index (χ2n) is 4.31. The predicted octanol–water partition coefficient (Wildman–Crippen LogP) is 2.81. The molecule has 20 heavy (non-hydrogen) atoms. The van der Waals surface area contributed by atoms with Crippen LogP contribution in [0.1, 0.15) is 11.3 Å². The lowest BCUT2D eigenvalue weighted by molar-refractivity contribution is -0.386. The Morgan fingerprint density at radius 2 is 2.15 bits per heavy atom. The summed E-state index contributed by atoms with van der Waals surface area (Å²) in [4.78, 5) is 14.6. The van der Waals surface area contributed by atoms with Crippen molar-refractivity contribution in [3.63, 3.8) is 0 Å². The van der Waals surface area contributed by atoms with Gasteiger partial charge < -0.3 is 10.1 Å². The Hall–Kier alpha value is -2.47. The third kappa shape index (κ3) is 3.30. The fourth-order valence-electron chi connectivity index (χ4n) is 1.77. The van der Waals surface area contributed by atoms with Crippen LogP contribution < -0.4 is 10.1 Å². The van der Waals surface area contributed by atoms with E-state index in [1.165, 1.54) is 6.07 Å². The van der Waals surface area contributed by atoms with Gasteiger partial charge >= 0.3 is 5.69 Å². The summed E-state index contributed by atoms with van der Waals surface area (Å²) in [6.45, 7) is 2.45. The molecule has 0 aliphatic heterocycles. The summed E-state index contributed by atoms with van der Waals surface area (Å²) < 4.78 is 5.56. The molecule has 1 heterocycles. The normalized spacial score (nSPS) is 10.3. The van der Waals surface area contributed by atoms with Crippen molar-refractivity contribution in [2.24, 2.45) is 0 Å². The molecule has 0 bridgehead atoms. The fourth-order valence-corrected chi connectivity index (χ4v) is 1.77. The Labute approximate surface area is 116 Å². The minimum atomic E-state index is -0.501. The quantitative estimate of drug-likeness (QED) is 0.669. The zero-order valence-electron chi connectivity index (χ0n) is 11.3. The van der Waals surface area contributed by atoms with E-state index in [0.717, 1.165) is 5.56 Å². The number of hydrogen-bond acceptors (Lipinski definition) is 5. The topological polar surface area (TPSA) is 77.3 Å². The van der Waals surface area contributed by atoms with Gasteiger partial charge in [0.05, 0.1) is 4.92 Å². The second-order valence-corrected chi connectivity index (χ2v) is 4.31. The maximum atomic E-state index is 11.0. The average Bonchev–Trinajstić information content (AvgIpc) is 2.39. The minimum Gasteiger partial charge on any atom is -0.434 e. The van der Waals surface area contributed by atoms with Gasteiger partial charge in [-0.1, -0.05) is 12.1 Å². The van der Waals surface area contributed by atoms with E-state index in [-0.39, 0.29) is 11.6 Å². The van der Waals surface area contributed by atoms with Crippen molar-refractivity contribution >= 4 is 5.69 Å². The molecule has 0 spiro atoms. The molecular weight excluding hydrogens is 258 g/mol. The lowest BCUT2D eigenvalue weighted by atomic mass is 10.2. The van der Waals surface area contributed by atoms with Crippen molar-refractivity contribution in [2.75, 3.05) is 7.05 Å². The zero-order chi connectivity index (χ0) is 14.5. The Bertz CT molecular complexity index is 629. The van der Waals surface area contributed by atoms with Gasteiger partial charge in [0.25, 0.3) is 5.88 Å². The lowest BCUT2D eigenvalue weighted by Crippen LogP contribution is -2.05.